The lowest BCUT2D eigenvalue weighted by molar-refractivity contribution is -0.169. The van der Waals surface area contributed by atoms with Crippen molar-refractivity contribution in [3.63, 3.8) is 0 Å². The molecule has 1 aliphatic carbocycles. The number of hydrogen-bond donors (Lipinski definition) is 1. The zero-order valence-electron chi connectivity index (χ0n) is 18.1. The topological polar surface area (TPSA) is 76.1 Å². The Morgan fingerprint density at radius 2 is 1.81 bits per heavy atom. The summed E-state index contributed by atoms with van der Waals surface area (Å²) < 4.78 is 11.7. The number of ether oxygens (including phenoxy) is 2. The van der Waals surface area contributed by atoms with E-state index in [4.69, 9.17) is 21.1 Å². The van der Waals surface area contributed by atoms with E-state index < -0.39 is 17.2 Å². The lowest BCUT2D eigenvalue weighted by Crippen LogP contribution is -2.44. The number of hydrogen-bond acceptors (Lipinski definition) is 7. The third-order valence-corrected chi connectivity index (χ3v) is 7.57. The maximum absolute atomic E-state index is 13.1. The minimum atomic E-state index is -1.88. The monoisotopic (exact) mass is 485 g/mol. The van der Waals surface area contributed by atoms with Crippen LogP contribution in [0.1, 0.15) is 56.2 Å². The summed E-state index contributed by atoms with van der Waals surface area (Å²) >= 11 is 8.50. The third-order valence-electron chi connectivity index (χ3n) is 5.25. The van der Waals surface area contributed by atoms with Gasteiger partial charge in [0.2, 0.25) is 5.60 Å². The zero-order valence-corrected chi connectivity index (χ0v) is 20.5. The summed E-state index contributed by atoms with van der Waals surface area (Å²) in [6.07, 6.45) is 1.92. The van der Waals surface area contributed by atoms with Crippen molar-refractivity contribution in [2.45, 2.75) is 69.8 Å². The van der Waals surface area contributed by atoms with Crippen LogP contribution in [0.3, 0.4) is 0 Å². The first-order chi connectivity index (χ1) is 14.5. The molecule has 1 atom stereocenters. The van der Waals surface area contributed by atoms with Crippen molar-refractivity contribution >= 4 is 46.3 Å². The van der Waals surface area contributed by atoms with E-state index >= 15 is 0 Å². The van der Waals surface area contributed by atoms with Crippen molar-refractivity contribution in [3.05, 3.63) is 43.7 Å². The molecule has 0 aliphatic heterocycles. The molecule has 31 heavy (non-hydrogen) atoms. The van der Waals surface area contributed by atoms with Gasteiger partial charge in [0.1, 0.15) is 11.7 Å². The van der Waals surface area contributed by atoms with E-state index in [0.29, 0.717) is 39.8 Å². The molecule has 2 aromatic heterocycles. The van der Waals surface area contributed by atoms with Gasteiger partial charge in [-0.3, -0.25) is 0 Å². The van der Waals surface area contributed by atoms with Crippen molar-refractivity contribution in [1.29, 1.82) is 0 Å². The van der Waals surface area contributed by atoms with E-state index in [1.54, 1.807) is 41.6 Å². The Balaban J connectivity index is 1.64. The minimum absolute atomic E-state index is 0.0251. The van der Waals surface area contributed by atoms with Crippen molar-refractivity contribution in [1.82, 2.24) is 4.90 Å². The minimum Gasteiger partial charge on any atom is -0.460 e. The summed E-state index contributed by atoms with van der Waals surface area (Å²) in [4.78, 5) is 28.0. The molecule has 0 radical (unpaired) electrons. The van der Waals surface area contributed by atoms with Crippen LogP contribution in [0.4, 0.5) is 4.79 Å². The Bertz CT molecular complexity index is 899. The molecular formula is C22H28ClNO5S2. The van der Waals surface area contributed by atoms with Crippen LogP contribution in [0.2, 0.25) is 4.34 Å². The summed E-state index contributed by atoms with van der Waals surface area (Å²) in [5.41, 5.74) is -2.43. The highest BCUT2D eigenvalue weighted by Crippen LogP contribution is 2.40. The van der Waals surface area contributed by atoms with Gasteiger partial charge in [-0.05, 0) is 70.0 Å². The number of halogens is 1. The number of carbonyl (C=O) groups is 2. The van der Waals surface area contributed by atoms with E-state index in [-0.39, 0.29) is 18.2 Å². The number of aliphatic hydroxyl groups is 1. The smallest absolute Gasteiger partial charge is 0.410 e. The molecule has 6 nitrogen and oxygen atoms in total. The molecule has 0 spiro atoms. The number of amides is 1. The fourth-order valence-corrected chi connectivity index (χ4v) is 5.61. The van der Waals surface area contributed by atoms with Crippen LogP contribution in [0, 0.1) is 0 Å². The number of rotatable bonds is 5. The summed E-state index contributed by atoms with van der Waals surface area (Å²) in [6, 6.07) is 6.83. The molecule has 1 aliphatic rings. The van der Waals surface area contributed by atoms with Crippen molar-refractivity contribution in [2.24, 2.45) is 0 Å². The molecule has 1 amide bonds. The first kappa shape index (κ1) is 24.0. The summed E-state index contributed by atoms with van der Waals surface area (Å²) in [6.45, 7) is 5.51. The van der Waals surface area contributed by atoms with Crippen LogP contribution in [0.25, 0.3) is 0 Å². The third kappa shape index (κ3) is 5.61. The average Bonchev–Trinajstić information content (AvgIpc) is 3.38. The highest BCUT2D eigenvalue weighted by molar-refractivity contribution is 7.16. The number of nitrogens with zero attached hydrogens (tertiary/aromatic N) is 1. The Hall–Kier alpha value is -1.61. The highest BCUT2D eigenvalue weighted by atomic mass is 35.5. The van der Waals surface area contributed by atoms with E-state index in [1.165, 1.54) is 11.3 Å². The van der Waals surface area contributed by atoms with Gasteiger partial charge in [0.05, 0.1) is 14.1 Å². The second kappa shape index (κ2) is 9.48. The SMILES string of the molecule is CN(C(=O)OC(C)(C)C)C1CCC(OC(=O)[C@@](O)(c2cccs2)c2ccc(Cl)s2)CC1. The van der Waals surface area contributed by atoms with Gasteiger partial charge in [0.25, 0.3) is 0 Å². The van der Waals surface area contributed by atoms with Gasteiger partial charge in [-0.25, -0.2) is 9.59 Å². The van der Waals surface area contributed by atoms with Gasteiger partial charge >= 0.3 is 12.1 Å². The Morgan fingerprint density at radius 3 is 2.32 bits per heavy atom. The molecule has 0 unspecified atom stereocenters. The van der Waals surface area contributed by atoms with Gasteiger partial charge in [-0.15, -0.1) is 22.7 Å². The molecule has 2 aromatic rings. The first-order valence-corrected chi connectivity index (χ1v) is 12.3. The number of carbonyl (C=O) groups excluding carboxylic acids is 2. The molecule has 0 bridgehead atoms. The van der Waals surface area contributed by atoms with Gasteiger partial charge in [-0.1, -0.05) is 17.7 Å². The van der Waals surface area contributed by atoms with E-state index in [1.807, 2.05) is 20.8 Å². The lowest BCUT2D eigenvalue weighted by Gasteiger charge is -2.36. The van der Waals surface area contributed by atoms with E-state index in [0.717, 1.165) is 11.3 Å². The van der Waals surface area contributed by atoms with Gasteiger partial charge in [0, 0.05) is 13.1 Å². The molecule has 0 aromatic carbocycles. The summed E-state index contributed by atoms with van der Waals surface area (Å²) in [5, 5.41) is 13.2. The van der Waals surface area contributed by atoms with Crippen LogP contribution in [0.15, 0.2) is 29.6 Å². The van der Waals surface area contributed by atoms with Crippen LogP contribution in [-0.4, -0.2) is 46.9 Å². The molecule has 9 heteroatoms. The van der Waals surface area contributed by atoms with E-state index in [9.17, 15) is 14.7 Å². The standard InChI is InChI=1S/C22H28ClNO5S2/c1-21(2,3)29-20(26)24(4)14-7-9-15(10-8-14)28-19(25)22(27,16-6-5-13-30-16)17-11-12-18(23)31-17/h5-6,11-15,27H,7-10H2,1-4H3/t14?,15?,22-/m1/s1. The molecule has 3 rings (SSSR count). The summed E-state index contributed by atoms with van der Waals surface area (Å²) in [7, 11) is 1.74. The quantitative estimate of drug-likeness (QED) is 0.572. The molecule has 2 heterocycles. The lowest BCUT2D eigenvalue weighted by atomic mass is 9.91. The van der Waals surface area contributed by atoms with Crippen LogP contribution in [-0.2, 0) is 19.9 Å². The normalized spacial score (nSPS) is 21.2. The van der Waals surface area contributed by atoms with Crippen molar-refractivity contribution in [2.75, 3.05) is 7.05 Å². The van der Waals surface area contributed by atoms with Crippen molar-refractivity contribution in [3.8, 4) is 0 Å². The molecule has 1 saturated carbocycles. The molecular weight excluding hydrogens is 458 g/mol. The fourth-order valence-electron chi connectivity index (χ4n) is 3.59. The van der Waals surface area contributed by atoms with Crippen molar-refractivity contribution < 1.29 is 24.2 Å². The second-order valence-electron chi connectivity index (χ2n) is 8.72. The number of thiophene rings is 2. The Labute approximate surface area is 195 Å². The van der Waals surface area contributed by atoms with Crippen LogP contribution in [0.5, 0.6) is 0 Å². The largest absolute Gasteiger partial charge is 0.460 e. The molecule has 1 fully saturated rings. The molecule has 170 valence electrons. The maximum Gasteiger partial charge on any atom is 0.410 e. The second-order valence-corrected chi connectivity index (χ2v) is 11.4. The van der Waals surface area contributed by atoms with Gasteiger partial charge < -0.3 is 19.5 Å². The Morgan fingerprint density at radius 1 is 1.13 bits per heavy atom. The van der Waals surface area contributed by atoms with E-state index in [2.05, 4.69) is 0 Å². The van der Waals surface area contributed by atoms with Crippen LogP contribution < -0.4 is 0 Å². The predicted molar refractivity (Wildman–Crippen MR) is 123 cm³/mol. The van der Waals surface area contributed by atoms with Gasteiger partial charge in [0.15, 0.2) is 0 Å². The predicted octanol–water partition coefficient (Wildman–Crippen LogP) is 5.42. The maximum atomic E-state index is 13.1. The zero-order chi connectivity index (χ0) is 22.8. The molecule has 0 saturated heterocycles. The average molecular weight is 486 g/mol. The summed E-state index contributed by atoms with van der Waals surface area (Å²) in [5.74, 6) is -0.697. The Kier molecular flexibility index (Phi) is 7.35. The fraction of sp³-hybridized carbons (Fsp3) is 0.545. The first-order valence-electron chi connectivity index (χ1n) is 10.2. The van der Waals surface area contributed by atoms with Crippen LogP contribution >= 0.6 is 34.3 Å². The molecule has 1 N–H and O–H groups in total. The van der Waals surface area contributed by atoms with Gasteiger partial charge in [-0.2, -0.15) is 0 Å². The number of esters is 1. The highest BCUT2D eigenvalue weighted by Gasteiger charge is 2.45.